The molecule has 0 radical (unpaired) electrons. The van der Waals surface area contributed by atoms with Crippen molar-refractivity contribution in [2.75, 3.05) is 19.6 Å². The highest BCUT2D eigenvalue weighted by molar-refractivity contribution is 4.82. The van der Waals surface area contributed by atoms with E-state index in [1.54, 1.807) is 6.92 Å². The fraction of sp³-hybridized carbons (Fsp3) is 1.00. The maximum atomic E-state index is 9.18. The van der Waals surface area contributed by atoms with E-state index in [-0.39, 0.29) is 6.10 Å². The zero-order chi connectivity index (χ0) is 9.14. The van der Waals surface area contributed by atoms with Gasteiger partial charge in [-0.2, -0.15) is 0 Å². The third-order valence-corrected chi connectivity index (χ3v) is 2.20. The van der Waals surface area contributed by atoms with Crippen LogP contribution in [0.3, 0.4) is 0 Å². The van der Waals surface area contributed by atoms with Crippen molar-refractivity contribution in [2.45, 2.75) is 31.7 Å². The largest absolute Gasteiger partial charge is 0.393 e. The van der Waals surface area contributed by atoms with Crippen LogP contribution in [0.1, 0.15) is 13.3 Å². The number of aliphatic hydroxyl groups excluding tert-OH is 3. The van der Waals surface area contributed by atoms with Crippen LogP contribution in [-0.4, -0.2) is 58.2 Å². The van der Waals surface area contributed by atoms with E-state index in [4.69, 9.17) is 5.11 Å². The first kappa shape index (κ1) is 9.92. The Morgan fingerprint density at radius 3 is 2.25 bits per heavy atom. The Bertz CT molecular complexity index is 130. The second kappa shape index (κ2) is 4.18. The molecule has 3 unspecified atom stereocenters. The topological polar surface area (TPSA) is 63.9 Å². The van der Waals surface area contributed by atoms with Gasteiger partial charge in [0.2, 0.25) is 0 Å². The van der Waals surface area contributed by atoms with E-state index < -0.39 is 12.2 Å². The molecule has 1 aliphatic heterocycles. The molecule has 1 fully saturated rings. The Morgan fingerprint density at radius 2 is 1.83 bits per heavy atom. The number of nitrogens with zero attached hydrogens (tertiary/aromatic N) is 1. The summed E-state index contributed by atoms with van der Waals surface area (Å²) in [5.74, 6) is 0. The standard InChI is InChI=1S/C8H17NO3/c1-6(10)2-3-9-4-7(11)8(12)5-9/h6-8,10-12H,2-5H2,1H3. The van der Waals surface area contributed by atoms with Crippen molar-refractivity contribution >= 4 is 0 Å². The van der Waals surface area contributed by atoms with Gasteiger partial charge >= 0.3 is 0 Å². The molecule has 1 rings (SSSR count). The van der Waals surface area contributed by atoms with Crippen LogP contribution in [0.25, 0.3) is 0 Å². The molecule has 4 heteroatoms. The molecule has 0 bridgehead atoms. The number of rotatable bonds is 3. The van der Waals surface area contributed by atoms with Crippen LogP contribution < -0.4 is 0 Å². The molecule has 3 atom stereocenters. The molecule has 12 heavy (non-hydrogen) atoms. The molecule has 0 aromatic rings. The summed E-state index contributed by atoms with van der Waals surface area (Å²) in [6.45, 7) is 3.52. The van der Waals surface area contributed by atoms with E-state index in [9.17, 15) is 10.2 Å². The molecule has 0 spiro atoms. The molecule has 72 valence electrons. The maximum Gasteiger partial charge on any atom is 0.0938 e. The molecule has 0 saturated carbocycles. The Hall–Kier alpha value is -0.160. The minimum absolute atomic E-state index is 0.306. The van der Waals surface area contributed by atoms with Crippen LogP contribution in [0, 0.1) is 0 Å². The highest BCUT2D eigenvalue weighted by atomic mass is 16.3. The highest BCUT2D eigenvalue weighted by Crippen LogP contribution is 2.10. The zero-order valence-corrected chi connectivity index (χ0v) is 7.35. The van der Waals surface area contributed by atoms with Gasteiger partial charge in [-0.1, -0.05) is 0 Å². The number of aliphatic hydroxyl groups is 3. The molecular formula is C8H17NO3. The lowest BCUT2D eigenvalue weighted by Gasteiger charge is -2.15. The summed E-state index contributed by atoms with van der Waals surface area (Å²) in [6, 6.07) is 0. The monoisotopic (exact) mass is 175 g/mol. The quantitative estimate of drug-likeness (QED) is 0.504. The lowest BCUT2D eigenvalue weighted by Crippen LogP contribution is -2.25. The van der Waals surface area contributed by atoms with Crippen LogP contribution in [0.15, 0.2) is 0 Å². The third kappa shape index (κ3) is 2.71. The molecule has 1 aliphatic rings. The fourth-order valence-corrected chi connectivity index (χ4v) is 1.40. The van der Waals surface area contributed by atoms with Crippen molar-refractivity contribution in [1.82, 2.24) is 4.90 Å². The molecule has 0 amide bonds. The van der Waals surface area contributed by atoms with Gasteiger partial charge in [-0.15, -0.1) is 0 Å². The first-order chi connectivity index (χ1) is 5.59. The molecule has 0 aromatic heterocycles. The molecule has 0 aliphatic carbocycles. The first-order valence-corrected chi connectivity index (χ1v) is 4.36. The minimum Gasteiger partial charge on any atom is -0.393 e. The van der Waals surface area contributed by atoms with Gasteiger partial charge in [-0.05, 0) is 13.3 Å². The van der Waals surface area contributed by atoms with Crippen molar-refractivity contribution in [2.24, 2.45) is 0 Å². The van der Waals surface area contributed by atoms with Crippen LogP contribution in [-0.2, 0) is 0 Å². The Balaban J connectivity index is 2.19. The molecule has 0 aromatic carbocycles. The summed E-state index contributed by atoms with van der Waals surface area (Å²) in [6.07, 6.45) is -0.836. The average Bonchev–Trinajstić information content (AvgIpc) is 2.28. The summed E-state index contributed by atoms with van der Waals surface area (Å²) in [7, 11) is 0. The predicted molar refractivity (Wildman–Crippen MR) is 44.8 cm³/mol. The summed E-state index contributed by atoms with van der Waals surface area (Å²) < 4.78 is 0. The van der Waals surface area contributed by atoms with Crippen molar-refractivity contribution < 1.29 is 15.3 Å². The van der Waals surface area contributed by atoms with Crippen LogP contribution >= 0.6 is 0 Å². The lowest BCUT2D eigenvalue weighted by molar-refractivity contribution is 0.0572. The van der Waals surface area contributed by atoms with E-state index in [1.165, 1.54) is 0 Å². The van der Waals surface area contributed by atoms with Gasteiger partial charge < -0.3 is 15.3 Å². The second-order valence-electron chi connectivity index (χ2n) is 3.53. The van der Waals surface area contributed by atoms with Gasteiger partial charge in [0.25, 0.3) is 0 Å². The summed E-state index contributed by atoms with van der Waals surface area (Å²) >= 11 is 0. The van der Waals surface area contributed by atoms with Gasteiger partial charge in [-0.3, -0.25) is 4.90 Å². The number of β-amino-alcohol motifs (C(OH)–C–C–N with tert-alkyl or cyclic N) is 2. The normalized spacial score (nSPS) is 34.0. The predicted octanol–water partition coefficient (Wildman–Crippen LogP) is -1.21. The van der Waals surface area contributed by atoms with Gasteiger partial charge in [0.05, 0.1) is 18.3 Å². The van der Waals surface area contributed by atoms with Crippen molar-refractivity contribution in [1.29, 1.82) is 0 Å². The molecule has 4 nitrogen and oxygen atoms in total. The van der Waals surface area contributed by atoms with Crippen LogP contribution in [0.5, 0.6) is 0 Å². The van der Waals surface area contributed by atoms with Crippen molar-refractivity contribution in [3.63, 3.8) is 0 Å². The zero-order valence-electron chi connectivity index (χ0n) is 7.35. The summed E-state index contributed by atoms with van der Waals surface area (Å²) in [5.41, 5.74) is 0. The second-order valence-corrected chi connectivity index (χ2v) is 3.53. The van der Waals surface area contributed by atoms with Crippen LogP contribution in [0.2, 0.25) is 0 Å². The van der Waals surface area contributed by atoms with E-state index in [2.05, 4.69) is 0 Å². The first-order valence-electron chi connectivity index (χ1n) is 4.36. The Morgan fingerprint density at radius 1 is 1.33 bits per heavy atom. The molecule has 1 saturated heterocycles. The maximum absolute atomic E-state index is 9.18. The van der Waals surface area contributed by atoms with E-state index in [0.29, 0.717) is 19.5 Å². The molecule has 1 heterocycles. The summed E-state index contributed by atoms with van der Waals surface area (Å²) in [4.78, 5) is 1.96. The van der Waals surface area contributed by atoms with Gasteiger partial charge in [0.15, 0.2) is 0 Å². The minimum atomic E-state index is -0.612. The number of hydrogen-bond acceptors (Lipinski definition) is 4. The van der Waals surface area contributed by atoms with Gasteiger partial charge in [0, 0.05) is 19.6 Å². The van der Waals surface area contributed by atoms with E-state index in [1.807, 2.05) is 4.90 Å². The Labute approximate surface area is 72.4 Å². The third-order valence-electron chi connectivity index (χ3n) is 2.20. The highest BCUT2D eigenvalue weighted by Gasteiger charge is 2.28. The fourth-order valence-electron chi connectivity index (χ4n) is 1.40. The smallest absolute Gasteiger partial charge is 0.0938 e. The van der Waals surface area contributed by atoms with Crippen molar-refractivity contribution in [3.8, 4) is 0 Å². The van der Waals surface area contributed by atoms with Crippen LogP contribution in [0.4, 0.5) is 0 Å². The summed E-state index contributed by atoms with van der Waals surface area (Å²) in [5, 5.41) is 27.4. The number of likely N-dealkylation sites (tertiary alicyclic amines) is 1. The van der Waals surface area contributed by atoms with Gasteiger partial charge in [-0.25, -0.2) is 0 Å². The average molecular weight is 175 g/mol. The Kier molecular flexibility index (Phi) is 3.46. The van der Waals surface area contributed by atoms with E-state index in [0.717, 1.165) is 6.54 Å². The molecule has 3 N–H and O–H groups in total. The molecular weight excluding hydrogens is 158 g/mol. The number of hydrogen-bond donors (Lipinski definition) is 3. The van der Waals surface area contributed by atoms with Crippen molar-refractivity contribution in [3.05, 3.63) is 0 Å². The van der Waals surface area contributed by atoms with E-state index >= 15 is 0 Å². The SMILES string of the molecule is CC(O)CCN1CC(O)C(O)C1. The lowest BCUT2D eigenvalue weighted by atomic mass is 10.3. The van der Waals surface area contributed by atoms with Gasteiger partial charge in [0.1, 0.15) is 0 Å².